The second-order valence-corrected chi connectivity index (χ2v) is 4.24. The van der Waals surface area contributed by atoms with E-state index in [9.17, 15) is 9.59 Å². The molecule has 1 atom stereocenters. The Kier molecular flexibility index (Phi) is 8.90. The molecule has 0 radical (unpaired) electrons. The molecule has 0 fully saturated rings. The molecule has 0 saturated carbocycles. The molecule has 0 aliphatic carbocycles. The fourth-order valence-corrected chi connectivity index (χ4v) is 1.91. The summed E-state index contributed by atoms with van der Waals surface area (Å²) < 4.78 is 0. The van der Waals surface area contributed by atoms with Gasteiger partial charge >= 0.3 is 12.0 Å². The fourth-order valence-electron chi connectivity index (χ4n) is 1.91. The van der Waals surface area contributed by atoms with Crippen LogP contribution in [0.15, 0.2) is 0 Å². The highest BCUT2D eigenvalue weighted by Gasteiger charge is 2.25. The minimum atomic E-state index is -1.18. The van der Waals surface area contributed by atoms with Gasteiger partial charge in [0.2, 0.25) is 0 Å². The molecule has 4 N–H and O–H groups in total. The summed E-state index contributed by atoms with van der Waals surface area (Å²) in [6, 6.07) is -1.69. The maximum atomic E-state index is 12.0. The normalized spacial score (nSPS) is 12.3. The van der Waals surface area contributed by atoms with Crippen LogP contribution in [-0.2, 0) is 4.79 Å². The van der Waals surface area contributed by atoms with Crippen LogP contribution in [0.4, 0.5) is 4.79 Å². The minimum Gasteiger partial charge on any atom is -0.480 e. The van der Waals surface area contributed by atoms with Crippen molar-refractivity contribution in [1.82, 2.24) is 10.2 Å². The third-order valence-electron chi connectivity index (χ3n) is 3.00. The molecule has 112 valence electrons. The fraction of sp³-hybridized carbons (Fsp3) is 0.833. The first-order valence-electron chi connectivity index (χ1n) is 6.53. The Labute approximate surface area is 113 Å². The molecule has 7 heteroatoms. The van der Waals surface area contributed by atoms with Gasteiger partial charge in [-0.1, -0.05) is 13.8 Å². The van der Waals surface area contributed by atoms with Gasteiger partial charge in [-0.15, -0.1) is 0 Å². The molecule has 0 aliphatic rings. The van der Waals surface area contributed by atoms with Crippen LogP contribution in [0.3, 0.4) is 0 Å². The maximum Gasteiger partial charge on any atom is 0.326 e. The van der Waals surface area contributed by atoms with Gasteiger partial charge in [0.1, 0.15) is 6.04 Å². The van der Waals surface area contributed by atoms with Crippen molar-refractivity contribution in [2.75, 3.05) is 19.8 Å². The summed E-state index contributed by atoms with van der Waals surface area (Å²) in [5, 5.41) is 29.1. The van der Waals surface area contributed by atoms with Crippen molar-refractivity contribution >= 4 is 12.0 Å². The van der Waals surface area contributed by atoms with Crippen LogP contribution in [0, 0.1) is 0 Å². The van der Waals surface area contributed by atoms with E-state index in [0.717, 1.165) is 12.8 Å². The van der Waals surface area contributed by atoms with Crippen LogP contribution in [0.2, 0.25) is 0 Å². The monoisotopic (exact) mass is 276 g/mol. The van der Waals surface area contributed by atoms with Gasteiger partial charge in [-0.25, -0.2) is 9.59 Å². The lowest BCUT2D eigenvalue weighted by Crippen LogP contribution is -2.52. The number of nitrogens with zero attached hydrogens (tertiary/aromatic N) is 1. The lowest BCUT2D eigenvalue weighted by Gasteiger charge is -2.31. The van der Waals surface area contributed by atoms with E-state index in [2.05, 4.69) is 5.32 Å². The Bertz CT molecular complexity index is 281. The third-order valence-corrected chi connectivity index (χ3v) is 3.00. The molecule has 0 heterocycles. The van der Waals surface area contributed by atoms with Crippen molar-refractivity contribution < 1.29 is 24.9 Å². The maximum absolute atomic E-state index is 12.0. The summed E-state index contributed by atoms with van der Waals surface area (Å²) in [5.74, 6) is -1.18. The molecule has 0 rings (SSSR count). The molecule has 0 aromatic carbocycles. The predicted molar refractivity (Wildman–Crippen MR) is 69.8 cm³/mol. The molecule has 0 aromatic rings. The standard InChI is InChI=1S/C12H24N2O5/c1-3-9(4-2)14(6-8-16)12(19)13-10(5-7-15)11(17)18/h9-10,15-16H,3-8H2,1-2H3,(H,13,19)(H,17,18)/t10-/m0/s1. The Morgan fingerprint density at radius 3 is 2.11 bits per heavy atom. The Hall–Kier alpha value is -1.34. The number of hydrogen-bond acceptors (Lipinski definition) is 4. The second-order valence-electron chi connectivity index (χ2n) is 4.24. The Balaban J connectivity index is 4.74. The average Bonchev–Trinajstić information content (AvgIpc) is 2.38. The van der Waals surface area contributed by atoms with Gasteiger partial charge in [0.05, 0.1) is 6.61 Å². The Morgan fingerprint density at radius 2 is 1.74 bits per heavy atom. The van der Waals surface area contributed by atoms with Gasteiger partial charge in [0.15, 0.2) is 0 Å². The molecule has 0 saturated heterocycles. The number of aliphatic carboxylic acids is 1. The largest absolute Gasteiger partial charge is 0.480 e. The summed E-state index contributed by atoms with van der Waals surface area (Å²) in [4.78, 5) is 24.4. The molecule has 0 spiro atoms. The number of carbonyl (C=O) groups excluding carboxylic acids is 1. The number of carboxylic acid groups (broad SMARTS) is 1. The van der Waals surface area contributed by atoms with Crippen LogP contribution in [0.1, 0.15) is 33.1 Å². The molecule has 0 bridgehead atoms. The van der Waals surface area contributed by atoms with Crippen LogP contribution < -0.4 is 5.32 Å². The molecular formula is C12H24N2O5. The van der Waals surface area contributed by atoms with Crippen LogP contribution >= 0.6 is 0 Å². The average molecular weight is 276 g/mol. The molecule has 0 aromatic heterocycles. The van der Waals surface area contributed by atoms with E-state index in [1.54, 1.807) is 0 Å². The van der Waals surface area contributed by atoms with Crippen molar-refractivity contribution in [2.45, 2.75) is 45.2 Å². The number of rotatable bonds is 9. The van der Waals surface area contributed by atoms with E-state index in [1.807, 2.05) is 13.8 Å². The highest BCUT2D eigenvalue weighted by molar-refractivity contribution is 5.82. The zero-order chi connectivity index (χ0) is 14.8. The number of carboxylic acids is 1. The summed E-state index contributed by atoms with van der Waals surface area (Å²) >= 11 is 0. The van der Waals surface area contributed by atoms with Gasteiger partial charge in [-0.05, 0) is 12.8 Å². The summed E-state index contributed by atoms with van der Waals surface area (Å²) in [5.41, 5.74) is 0. The molecule has 2 amide bonds. The topological polar surface area (TPSA) is 110 Å². The number of aliphatic hydroxyl groups excluding tert-OH is 2. The number of urea groups is 1. The zero-order valence-corrected chi connectivity index (χ0v) is 11.5. The highest BCUT2D eigenvalue weighted by Crippen LogP contribution is 2.09. The quantitative estimate of drug-likeness (QED) is 0.474. The lowest BCUT2D eigenvalue weighted by molar-refractivity contribution is -0.139. The second kappa shape index (κ2) is 9.57. The first-order chi connectivity index (χ1) is 9.01. The van der Waals surface area contributed by atoms with Gasteiger partial charge < -0.3 is 25.5 Å². The number of hydrogen-bond donors (Lipinski definition) is 4. The lowest BCUT2D eigenvalue weighted by atomic mass is 10.1. The van der Waals surface area contributed by atoms with Crippen molar-refractivity contribution in [2.24, 2.45) is 0 Å². The van der Waals surface area contributed by atoms with Gasteiger partial charge in [0.25, 0.3) is 0 Å². The van der Waals surface area contributed by atoms with E-state index in [4.69, 9.17) is 15.3 Å². The van der Waals surface area contributed by atoms with Gasteiger partial charge in [-0.3, -0.25) is 0 Å². The van der Waals surface area contributed by atoms with Crippen LogP contribution in [-0.4, -0.2) is 64.1 Å². The SMILES string of the molecule is CCC(CC)N(CCO)C(=O)N[C@@H](CCO)C(=O)O. The summed E-state index contributed by atoms with van der Waals surface area (Å²) in [7, 11) is 0. The van der Waals surface area contributed by atoms with Crippen molar-refractivity contribution in [1.29, 1.82) is 0 Å². The zero-order valence-electron chi connectivity index (χ0n) is 11.5. The number of amides is 2. The molecule has 0 aliphatic heterocycles. The van der Waals surface area contributed by atoms with E-state index in [0.29, 0.717) is 0 Å². The van der Waals surface area contributed by atoms with E-state index < -0.39 is 18.0 Å². The Morgan fingerprint density at radius 1 is 1.16 bits per heavy atom. The predicted octanol–water partition coefficient (Wildman–Crippen LogP) is 0.0145. The van der Waals surface area contributed by atoms with Gasteiger partial charge in [0, 0.05) is 25.6 Å². The summed E-state index contributed by atoms with van der Waals surface area (Å²) in [6.45, 7) is 3.51. The van der Waals surface area contributed by atoms with E-state index >= 15 is 0 Å². The molecular weight excluding hydrogens is 252 g/mol. The first kappa shape index (κ1) is 17.7. The van der Waals surface area contributed by atoms with Crippen LogP contribution in [0.25, 0.3) is 0 Å². The first-order valence-corrected chi connectivity index (χ1v) is 6.53. The van der Waals surface area contributed by atoms with Crippen LogP contribution in [0.5, 0.6) is 0 Å². The van der Waals surface area contributed by atoms with Gasteiger partial charge in [-0.2, -0.15) is 0 Å². The smallest absolute Gasteiger partial charge is 0.326 e. The van der Waals surface area contributed by atoms with Crippen molar-refractivity contribution in [3.05, 3.63) is 0 Å². The van der Waals surface area contributed by atoms with E-state index in [-0.39, 0.29) is 32.2 Å². The summed E-state index contributed by atoms with van der Waals surface area (Å²) in [6.07, 6.45) is 1.40. The number of carbonyl (C=O) groups is 2. The number of aliphatic hydroxyl groups is 2. The number of nitrogens with one attached hydrogen (secondary N) is 1. The van der Waals surface area contributed by atoms with Crippen molar-refractivity contribution in [3.8, 4) is 0 Å². The molecule has 19 heavy (non-hydrogen) atoms. The molecule has 7 nitrogen and oxygen atoms in total. The van der Waals surface area contributed by atoms with E-state index in [1.165, 1.54) is 4.90 Å². The molecule has 0 unspecified atom stereocenters. The van der Waals surface area contributed by atoms with Crippen molar-refractivity contribution in [3.63, 3.8) is 0 Å². The highest BCUT2D eigenvalue weighted by atomic mass is 16.4. The minimum absolute atomic E-state index is 0.0447. The third kappa shape index (κ3) is 5.89.